The molecule has 0 radical (unpaired) electrons. The first kappa shape index (κ1) is 20.0. The second-order valence-electron chi connectivity index (χ2n) is 6.97. The molecule has 0 fully saturated rings. The third-order valence-electron chi connectivity index (χ3n) is 4.88. The van der Waals surface area contributed by atoms with E-state index in [1.165, 1.54) is 12.1 Å². The molecule has 0 bridgehead atoms. The van der Waals surface area contributed by atoms with Crippen LogP contribution in [-0.2, 0) is 17.6 Å². The molecule has 6 nitrogen and oxygen atoms in total. The quantitative estimate of drug-likeness (QED) is 0.519. The molecular formula is C22H19ClFN5O. The van der Waals surface area contributed by atoms with Crippen LogP contribution in [0.15, 0.2) is 48.5 Å². The minimum absolute atomic E-state index is 0.0873. The molecule has 0 spiro atoms. The summed E-state index contributed by atoms with van der Waals surface area (Å²) in [5.41, 5.74) is 3.83. The summed E-state index contributed by atoms with van der Waals surface area (Å²) in [5.74, 6) is -0.164. The monoisotopic (exact) mass is 423 g/mol. The van der Waals surface area contributed by atoms with Crippen LogP contribution in [0.5, 0.6) is 0 Å². The molecule has 2 aromatic heterocycles. The lowest BCUT2D eigenvalue weighted by Gasteiger charge is -2.11. The normalized spacial score (nSPS) is 11.1. The summed E-state index contributed by atoms with van der Waals surface area (Å²) in [6, 6.07) is 13.7. The molecule has 0 unspecified atom stereocenters. The van der Waals surface area contributed by atoms with Gasteiger partial charge in [-0.25, -0.2) is 13.9 Å². The van der Waals surface area contributed by atoms with Gasteiger partial charge in [-0.15, -0.1) is 5.10 Å². The zero-order valence-electron chi connectivity index (χ0n) is 16.5. The zero-order chi connectivity index (χ0) is 21.3. The number of carbonyl (C=O) groups is 1. The van der Waals surface area contributed by atoms with Gasteiger partial charge in [0.2, 0.25) is 5.91 Å². The molecular weight excluding hydrogens is 405 g/mol. The minimum atomic E-state index is -0.494. The molecule has 4 rings (SSSR count). The van der Waals surface area contributed by atoms with Gasteiger partial charge >= 0.3 is 0 Å². The van der Waals surface area contributed by atoms with E-state index >= 15 is 0 Å². The van der Waals surface area contributed by atoms with Crippen LogP contribution in [-0.4, -0.2) is 25.5 Å². The number of carbonyl (C=O) groups excluding carboxylic acids is 1. The number of aryl methyl sites for hydroxylation is 2. The third kappa shape index (κ3) is 4.02. The molecule has 8 heteroatoms. The van der Waals surface area contributed by atoms with Gasteiger partial charge in [0.15, 0.2) is 5.82 Å². The molecule has 2 heterocycles. The number of para-hydroxylation sites is 1. The summed E-state index contributed by atoms with van der Waals surface area (Å²) in [6.07, 6.45) is 0.527. The number of hydrogen-bond acceptors (Lipinski definition) is 4. The average Bonchev–Trinajstić information content (AvgIpc) is 3.10. The summed E-state index contributed by atoms with van der Waals surface area (Å²) in [4.78, 5) is 21.2. The molecule has 30 heavy (non-hydrogen) atoms. The number of aromatic nitrogens is 4. The van der Waals surface area contributed by atoms with Gasteiger partial charge in [-0.2, -0.15) is 4.98 Å². The van der Waals surface area contributed by atoms with Crippen LogP contribution in [0.3, 0.4) is 0 Å². The third-order valence-corrected chi connectivity index (χ3v) is 5.25. The Morgan fingerprint density at radius 2 is 1.83 bits per heavy atom. The fourth-order valence-electron chi connectivity index (χ4n) is 3.31. The SMILES string of the molecule is Cc1nc2nc(CC(=O)Nc3ccccc3F)nn2c(C)c1Cc1ccccc1Cl. The van der Waals surface area contributed by atoms with Crippen LogP contribution in [0.1, 0.15) is 28.3 Å². The number of nitrogens with zero attached hydrogens (tertiary/aromatic N) is 4. The van der Waals surface area contributed by atoms with Crippen LogP contribution in [0, 0.1) is 19.7 Å². The Morgan fingerprint density at radius 3 is 2.60 bits per heavy atom. The Kier molecular flexibility index (Phi) is 5.46. The van der Waals surface area contributed by atoms with Gasteiger partial charge in [-0.3, -0.25) is 4.79 Å². The largest absolute Gasteiger partial charge is 0.323 e. The van der Waals surface area contributed by atoms with E-state index in [4.69, 9.17) is 11.6 Å². The molecule has 1 amide bonds. The fourth-order valence-corrected chi connectivity index (χ4v) is 3.52. The van der Waals surface area contributed by atoms with Crippen molar-refractivity contribution in [2.24, 2.45) is 0 Å². The van der Waals surface area contributed by atoms with Crippen LogP contribution in [0.4, 0.5) is 10.1 Å². The molecule has 0 aliphatic heterocycles. The Hall–Kier alpha value is -3.32. The van der Waals surface area contributed by atoms with E-state index in [0.717, 1.165) is 22.5 Å². The van der Waals surface area contributed by atoms with Gasteiger partial charge in [0.05, 0.1) is 12.1 Å². The number of hydrogen-bond donors (Lipinski definition) is 1. The maximum absolute atomic E-state index is 13.7. The molecule has 0 saturated heterocycles. The molecule has 0 atom stereocenters. The van der Waals surface area contributed by atoms with Crippen molar-refractivity contribution in [2.45, 2.75) is 26.7 Å². The predicted molar refractivity (Wildman–Crippen MR) is 113 cm³/mol. The summed E-state index contributed by atoms with van der Waals surface area (Å²) in [7, 11) is 0. The van der Waals surface area contributed by atoms with Gasteiger partial charge in [0.25, 0.3) is 5.78 Å². The lowest BCUT2D eigenvalue weighted by Crippen LogP contribution is -2.16. The topological polar surface area (TPSA) is 72.2 Å². The van der Waals surface area contributed by atoms with Crippen molar-refractivity contribution in [1.29, 1.82) is 0 Å². The lowest BCUT2D eigenvalue weighted by molar-refractivity contribution is -0.115. The van der Waals surface area contributed by atoms with E-state index in [1.807, 2.05) is 38.1 Å². The Labute approximate surface area is 177 Å². The standard InChI is InChI=1S/C22H19ClFN5O/c1-13-16(11-15-7-3-4-8-17(15)23)14(2)29-22(25-13)27-20(28-29)12-21(30)26-19-10-6-5-9-18(19)24/h3-10H,11-12H2,1-2H3,(H,26,30). The maximum Gasteiger partial charge on any atom is 0.252 e. The second-order valence-corrected chi connectivity index (χ2v) is 7.38. The van der Waals surface area contributed by atoms with E-state index in [0.29, 0.717) is 23.0 Å². The van der Waals surface area contributed by atoms with E-state index < -0.39 is 11.7 Å². The molecule has 2 aromatic carbocycles. The summed E-state index contributed by atoms with van der Waals surface area (Å²) < 4.78 is 15.4. The van der Waals surface area contributed by atoms with Gasteiger partial charge in [-0.1, -0.05) is 41.9 Å². The molecule has 0 aliphatic carbocycles. The fraction of sp³-hybridized carbons (Fsp3) is 0.182. The molecule has 4 aromatic rings. The maximum atomic E-state index is 13.7. The number of anilines is 1. The minimum Gasteiger partial charge on any atom is -0.323 e. The number of nitrogens with one attached hydrogen (secondary N) is 1. The van der Waals surface area contributed by atoms with Crippen molar-refractivity contribution in [3.63, 3.8) is 0 Å². The van der Waals surface area contributed by atoms with E-state index in [-0.39, 0.29) is 12.1 Å². The van der Waals surface area contributed by atoms with E-state index in [2.05, 4.69) is 20.4 Å². The Balaban J connectivity index is 1.60. The van der Waals surface area contributed by atoms with Gasteiger partial charge in [0.1, 0.15) is 5.82 Å². The Bertz CT molecular complexity index is 1250. The lowest BCUT2D eigenvalue weighted by atomic mass is 10.0. The van der Waals surface area contributed by atoms with E-state index in [1.54, 1.807) is 16.6 Å². The van der Waals surface area contributed by atoms with Crippen molar-refractivity contribution >= 4 is 29.0 Å². The molecule has 0 saturated carbocycles. The highest BCUT2D eigenvalue weighted by molar-refractivity contribution is 6.31. The Morgan fingerprint density at radius 1 is 1.10 bits per heavy atom. The molecule has 1 N–H and O–H groups in total. The van der Waals surface area contributed by atoms with Gasteiger partial charge in [-0.05, 0) is 43.2 Å². The van der Waals surface area contributed by atoms with E-state index in [9.17, 15) is 9.18 Å². The van der Waals surface area contributed by atoms with Crippen molar-refractivity contribution < 1.29 is 9.18 Å². The highest BCUT2D eigenvalue weighted by atomic mass is 35.5. The predicted octanol–water partition coefficient (Wildman–Crippen LogP) is 4.31. The van der Waals surface area contributed by atoms with Crippen LogP contribution < -0.4 is 5.32 Å². The number of halogens is 2. The van der Waals surface area contributed by atoms with Gasteiger partial charge < -0.3 is 5.32 Å². The number of rotatable bonds is 5. The highest BCUT2D eigenvalue weighted by Crippen LogP contribution is 2.23. The molecule has 0 aliphatic rings. The number of benzene rings is 2. The highest BCUT2D eigenvalue weighted by Gasteiger charge is 2.17. The summed E-state index contributed by atoms with van der Waals surface area (Å²) in [6.45, 7) is 3.85. The first-order valence-corrected chi connectivity index (χ1v) is 9.79. The molecule has 152 valence electrons. The van der Waals surface area contributed by atoms with Crippen LogP contribution in [0.25, 0.3) is 5.78 Å². The van der Waals surface area contributed by atoms with Crippen LogP contribution in [0.2, 0.25) is 5.02 Å². The summed E-state index contributed by atoms with van der Waals surface area (Å²) >= 11 is 6.31. The second kappa shape index (κ2) is 8.20. The van der Waals surface area contributed by atoms with Gasteiger partial charge in [0, 0.05) is 22.8 Å². The summed E-state index contributed by atoms with van der Waals surface area (Å²) in [5, 5.41) is 7.67. The van der Waals surface area contributed by atoms with Crippen molar-refractivity contribution in [2.75, 3.05) is 5.32 Å². The smallest absolute Gasteiger partial charge is 0.252 e. The number of fused-ring (bicyclic) bond motifs is 1. The van der Waals surface area contributed by atoms with Crippen molar-refractivity contribution in [1.82, 2.24) is 19.6 Å². The average molecular weight is 424 g/mol. The van der Waals surface area contributed by atoms with Crippen molar-refractivity contribution in [3.8, 4) is 0 Å². The first-order chi connectivity index (χ1) is 14.4. The van der Waals surface area contributed by atoms with Crippen LogP contribution >= 0.6 is 11.6 Å². The first-order valence-electron chi connectivity index (χ1n) is 9.42. The number of amides is 1. The zero-order valence-corrected chi connectivity index (χ0v) is 17.2. The van der Waals surface area contributed by atoms with Crippen molar-refractivity contribution in [3.05, 3.63) is 87.7 Å².